The maximum Gasteiger partial charge on any atom is 0.228 e. The second-order valence-electron chi connectivity index (χ2n) is 8.31. The molecule has 0 aromatic heterocycles. The molecule has 24 heavy (non-hydrogen) atoms. The van der Waals surface area contributed by atoms with Crippen molar-refractivity contribution in [2.45, 2.75) is 135 Å². The Morgan fingerprint density at radius 3 is 1.21 bits per heavy atom. The van der Waals surface area contributed by atoms with E-state index in [0.717, 1.165) is 6.42 Å². The first-order valence-corrected chi connectivity index (χ1v) is 10.6. The third kappa shape index (κ3) is 10.4. The van der Waals surface area contributed by atoms with Crippen molar-refractivity contribution in [1.29, 1.82) is 0 Å². The zero-order chi connectivity index (χ0) is 17.0. The number of unbranched alkanes of at least 4 members (excludes halogenated alkanes) is 14. The first-order valence-electron chi connectivity index (χ1n) is 10.6. The Morgan fingerprint density at radius 2 is 0.917 bits per heavy atom. The molecule has 1 saturated heterocycles. The fourth-order valence-corrected chi connectivity index (χ4v) is 3.60. The maximum absolute atomic E-state index is 5.70. The third-order valence-corrected chi connectivity index (χ3v) is 5.69. The van der Waals surface area contributed by atoms with Crippen LogP contribution in [0.4, 0.5) is 0 Å². The fourth-order valence-electron chi connectivity index (χ4n) is 3.60. The van der Waals surface area contributed by atoms with Crippen LogP contribution in [0.15, 0.2) is 0 Å². The SMILES string of the molecule is CCCCCCCCCCCCCCCCCC1([NH3+])OC1(C)C.[Br-]. The quantitative estimate of drug-likeness (QED) is 0.311. The average Bonchev–Trinajstić information content (AvgIpc) is 3.01. The summed E-state index contributed by atoms with van der Waals surface area (Å²) in [5, 5.41) is 0. The van der Waals surface area contributed by atoms with Gasteiger partial charge in [-0.2, -0.15) is 0 Å². The number of hydrogen-bond donors (Lipinski definition) is 1. The van der Waals surface area contributed by atoms with Crippen LogP contribution < -0.4 is 22.7 Å². The van der Waals surface area contributed by atoms with Crippen LogP contribution in [0.3, 0.4) is 0 Å². The smallest absolute Gasteiger partial charge is 0.228 e. The lowest BCUT2D eigenvalue weighted by molar-refractivity contribution is -0.473. The summed E-state index contributed by atoms with van der Waals surface area (Å²) < 4.78 is 5.70. The Kier molecular flexibility index (Phi) is 13.8. The minimum absolute atomic E-state index is 0. The largest absolute Gasteiger partial charge is 1.00 e. The van der Waals surface area contributed by atoms with E-state index in [1.54, 1.807) is 0 Å². The van der Waals surface area contributed by atoms with Gasteiger partial charge in [-0.15, -0.1) is 0 Å². The monoisotopic (exact) mass is 405 g/mol. The summed E-state index contributed by atoms with van der Waals surface area (Å²) in [6, 6.07) is 0. The average molecular weight is 406 g/mol. The van der Waals surface area contributed by atoms with Crippen molar-refractivity contribution in [3.63, 3.8) is 0 Å². The Labute approximate surface area is 162 Å². The number of epoxide rings is 1. The molecule has 3 heteroatoms. The highest BCUT2D eigenvalue weighted by atomic mass is 79.9. The number of rotatable bonds is 16. The maximum atomic E-state index is 5.70. The lowest BCUT2D eigenvalue weighted by atomic mass is 9.98. The van der Waals surface area contributed by atoms with Crippen LogP contribution in [0.5, 0.6) is 0 Å². The molecule has 0 amide bonds. The molecule has 0 aliphatic carbocycles. The van der Waals surface area contributed by atoms with Crippen LogP contribution in [-0.2, 0) is 4.74 Å². The molecule has 1 rings (SSSR count). The van der Waals surface area contributed by atoms with E-state index in [-0.39, 0.29) is 28.3 Å². The van der Waals surface area contributed by atoms with Gasteiger partial charge in [0, 0.05) is 6.42 Å². The number of quaternary nitrogens is 1. The lowest BCUT2D eigenvalue weighted by Gasteiger charge is -2.06. The van der Waals surface area contributed by atoms with E-state index in [4.69, 9.17) is 4.74 Å². The first-order chi connectivity index (χ1) is 11.0. The standard InChI is InChI=1S/C21H43NO.BrH/c1-4-5-6-7-8-9-10-11-12-13-14-15-16-17-18-19-21(22)20(2,3)23-21;/h4-19,22H2,1-3H3;1H. The molecule has 0 bridgehead atoms. The molecule has 1 aliphatic heterocycles. The van der Waals surface area contributed by atoms with Crippen LogP contribution in [0, 0.1) is 0 Å². The molecule has 1 heterocycles. The zero-order valence-electron chi connectivity index (χ0n) is 16.8. The van der Waals surface area contributed by atoms with Crippen LogP contribution in [-0.4, -0.2) is 11.3 Å². The lowest BCUT2D eigenvalue weighted by Crippen LogP contribution is -3.00. The Balaban J connectivity index is 0.00000529. The van der Waals surface area contributed by atoms with Crippen molar-refractivity contribution in [2.75, 3.05) is 0 Å². The third-order valence-electron chi connectivity index (χ3n) is 5.69. The first kappa shape index (κ1) is 24.4. The van der Waals surface area contributed by atoms with Crippen molar-refractivity contribution in [1.82, 2.24) is 0 Å². The zero-order valence-corrected chi connectivity index (χ0v) is 18.4. The molecule has 0 saturated carbocycles. The van der Waals surface area contributed by atoms with Gasteiger partial charge in [-0.05, 0) is 20.3 Å². The second kappa shape index (κ2) is 13.6. The van der Waals surface area contributed by atoms with Crippen LogP contribution >= 0.6 is 0 Å². The molecule has 0 aromatic rings. The van der Waals surface area contributed by atoms with Gasteiger partial charge in [0.25, 0.3) is 0 Å². The molecular weight excluding hydrogens is 362 g/mol. The van der Waals surface area contributed by atoms with Crippen molar-refractivity contribution in [2.24, 2.45) is 0 Å². The van der Waals surface area contributed by atoms with Gasteiger partial charge in [-0.25, -0.2) is 0 Å². The number of halogens is 1. The molecule has 1 fully saturated rings. The Hall–Kier alpha value is 0.400. The number of hydrogen-bond acceptors (Lipinski definition) is 1. The second-order valence-corrected chi connectivity index (χ2v) is 8.31. The molecule has 146 valence electrons. The molecule has 1 unspecified atom stereocenters. The van der Waals surface area contributed by atoms with Crippen LogP contribution in [0.25, 0.3) is 0 Å². The Bertz CT molecular complexity index is 296. The van der Waals surface area contributed by atoms with Gasteiger partial charge < -0.3 is 27.5 Å². The van der Waals surface area contributed by atoms with E-state index in [2.05, 4.69) is 26.5 Å². The van der Waals surface area contributed by atoms with Gasteiger partial charge in [-0.1, -0.05) is 96.8 Å². The highest BCUT2D eigenvalue weighted by Gasteiger charge is 2.65. The molecule has 0 radical (unpaired) electrons. The van der Waals surface area contributed by atoms with E-state index in [1.807, 2.05) is 0 Å². The predicted molar refractivity (Wildman–Crippen MR) is 100 cm³/mol. The topological polar surface area (TPSA) is 40.2 Å². The molecule has 1 aliphatic rings. The summed E-state index contributed by atoms with van der Waals surface area (Å²) in [6.07, 6.45) is 22.5. The summed E-state index contributed by atoms with van der Waals surface area (Å²) in [7, 11) is 0. The van der Waals surface area contributed by atoms with Gasteiger partial charge in [0.15, 0.2) is 0 Å². The minimum Gasteiger partial charge on any atom is -1.00 e. The fraction of sp³-hybridized carbons (Fsp3) is 1.00. The molecule has 0 spiro atoms. The summed E-state index contributed by atoms with van der Waals surface area (Å²) >= 11 is 0. The van der Waals surface area contributed by atoms with Crippen LogP contribution in [0.1, 0.15) is 124 Å². The van der Waals surface area contributed by atoms with Gasteiger partial charge in [0.05, 0.1) is 0 Å². The van der Waals surface area contributed by atoms with E-state index in [0.29, 0.717) is 0 Å². The normalized spacial score (nSPS) is 21.5. The van der Waals surface area contributed by atoms with E-state index in [1.165, 1.54) is 96.3 Å². The molecule has 1 atom stereocenters. The van der Waals surface area contributed by atoms with E-state index >= 15 is 0 Å². The summed E-state index contributed by atoms with van der Waals surface area (Å²) in [5.74, 6) is 0. The van der Waals surface area contributed by atoms with Gasteiger partial charge in [0.1, 0.15) is 5.60 Å². The van der Waals surface area contributed by atoms with Crippen molar-refractivity contribution >= 4 is 0 Å². The van der Waals surface area contributed by atoms with Gasteiger partial charge in [0.2, 0.25) is 5.72 Å². The molecule has 2 nitrogen and oxygen atoms in total. The minimum atomic E-state index is -0.0659. The molecule has 3 N–H and O–H groups in total. The number of ether oxygens (including phenoxy) is 1. The van der Waals surface area contributed by atoms with E-state index < -0.39 is 0 Å². The molecular formula is C21H44BrNO. The van der Waals surface area contributed by atoms with Gasteiger partial charge >= 0.3 is 0 Å². The summed E-state index contributed by atoms with van der Waals surface area (Å²) in [6.45, 7) is 6.61. The summed E-state index contributed by atoms with van der Waals surface area (Å²) in [5.41, 5.74) is 4.18. The molecule has 0 aromatic carbocycles. The van der Waals surface area contributed by atoms with Gasteiger partial charge in [-0.3, -0.25) is 0 Å². The van der Waals surface area contributed by atoms with Crippen molar-refractivity contribution < 1.29 is 27.5 Å². The highest BCUT2D eigenvalue weighted by molar-refractivity contribution is 5.00. The van der Waals surface area contributed by atoms with Crippen molar-refractivity contribution in [3.05, 3.63) is 0 Å². The van der Waals surface area contributed by atoms with Crippen molar-refractivity contribution in [3.8, 4) is 0 Å². The summed E-state index contributed by atoms with van der Waals surface area (Å²) in [4.78, 5) is 0. The highest BCUT2D eigenvalue weighted by Crippen LogP contribution is 2.44. The van der Waals surface area contributed by atoms with E-state index in [9.17, 15) is 0 Å². The van der Waals surface area contributed by atoms with Crippen LogP contribution in [0.2, 0.25) is 0 Å². The predicted octanol–water partition coefficient (Wildman–Crippen LogP) is 3.00. The Morgan fingerprint density at radius 1 is 0.625 bits per heavy atom.